The summed E-state index contributed by atoms with van der Waals surface area (Å²) >= 11 is 0. The normalized spacial score (nSPS) is 9.60. The number of aromatic amines is 1. The number of rotatable bonds is 1. The number of pyridine rings is 1. The predicted molar refractivity (Wildman–Crippen MR) is 52.6 cm³/mol. The molecule has 0 atom stereocenters. The molecule has 0 aliphatic rings. The summed E-state index contributed by atoms with van der Waals surface area (Å²) in [6.45, 7) is 0. The number of aromatic carboxylic acids is 1. The molecule has 0 saturated carbocycles. The molecule has 2 rings (SSSR count). The standard InChI is InChI=1S/C10H7NO3.Na.H/c12-9-5-8(10(13)14)11-7-4-2-1-3-6(7)9;;/h1-5H,(H,11,12)(H,13,14);;/q;+1;-1. The largest absolute Gasteiger partial charge is 1.00 e. The average Bonchev–Trinajstić information content (AvgIpc) is 2.17. The van der Waals surface area contributed by atoms with Crippen molar-refractivity contribution in [1.82, 2.24) is 4.98 Å². The van der Waals surface area contributed by atoms with Crippen molar-refractivity contribution in [3.8, 4) is 0 Å². The molecule has 0 bridgehead atoms. The molecule has 1 heterocycles. The number of aromatic nitrogens is 1. The van der Waals surface area contributed by atoms with Gasteiger partial charge >= 0.3 is 35.5 Å². The van der Waals surface area contributed by atoms with Crippen LogP contribution in [0.3, 0.4) is 0 Å². The first kappa shape index (κ1) is 12.0. The van der Waals surface area contributed by atoms with Gasteiger partial charge < -0.3 is 11.5 Å². The van der Waals surface area contributed by atoms with E-state index in [9.17, 15) is 9.59 Å². The van der Waals surface area contributed by atoms with Gasteiger partial charge in [0, 0.05) is 17.0 Å². The molecule has 0 radical (unpaired) electrons. The molecule has 5 heteroatoms. The number of carboxylic acids is 1. The molecule has 15 heavy (non-hydrogen) atoms. The van der Waals surface area contributed by atoms with Crippen molar-refractivity contribution in [3.05, 3.63) is 46.2 Å². The summed E-state index contributed by atoms with van der Waals surface area (Å²) in [6, 6.07) is 7.88. The third-order valence-electron chi connectivity index (χ3n) is 1.97. The van der Waals surface area contributed by atoms with Gasteiger partial charge in [-0.2, -0.15) is 0 Å². The Labute approximate surface area is 109 Å². The molecule has 1 aromatic carbocycles. The van der Waals surface area contributed by atoms with Crippen LogP contribution in [0.15, 0.2) is 35.1 Å². The molecule has 0 unspecified atom stereocenters. The number of nitrogens with one attached hydrogen (secondary N) is 1. The van der Waals surface area contributed by atoms with Crippen LogP contribution in [-0.2, 0) is 0 Å². The Hall–Kier alpha value is -1.10. The van der Waals surface area contributed by atoms with Gasteiger partial charge in [0.05, 0.1) is 0 Å². The van der Waals surface area contributed by atoms with E-state index in [1.54, 1.807) is 24.3 Å². The number of hydrogen-bond acceptors (Lipinski definition) is 2. The SMILES string of the molecule is O=C(O)c1cc(=O)c2ccccc2[nH]1.[H-].[Na+]. The minimum Gasteiger partial charge on any atom is -1.00 e. The molecule has 72 valence electrons. The molecular formula is C10H8NNaO3. The molecule has 0 amide bonds. The first-order valence-corrected chi connectivity index (χ1v) is 4.04. The number of carboxylic acid groups (broad SMARTS) is 1. The third kappa shape index (κ3) is 2.28. The number of para-hydroxylation sites is 1. The van der Waals surface area contributed by atoms with Crippen molar-refractivity contribution < 1.29 is 40.9 Å². The summed E-state index contributed by atoms with van der Waals surface area (Å²) in [5, 5.41) is 9.20. The van der Waals surface area contributed by atoms with Crippen LogP contribution in [0.5, 0.6) is 0 Å². The molecular weight excluding hydrogens is 205 g/mol. The summed E-state index contributed by atoms with van der Waals surface area (Å²) < 4.78 is 0. The molecule has 4 nitrogen and oxygen atoms in total. The molecule has 2 N–H and O–H groups in total. The summed E-state index contributed by atoms with van der Waals surface area (Å²) in [4.78, 5) is 24.7. The van der Waals surface area contributed by atoms with Gasteiger partial charge in [-0.3, -0.25) is 4.79 Å². The van der Waals surface area contributed by atoms with E-state index in [1.807, 2.05) is 0 Å². The fourth-order valence-corrected chi connectivity index (χ4v) is 1.31. The minimum absolute atomic E-state index is 0. The quantitative estimate of drug-likeness (QED) is 0.557. The van der Waals surface area contributed by atoms with Crippen LogP contribution >= 0.6 is 0 Å². The van der Waals surface area contributed by atoms with E-state index in [-0.39, 0.29) is 42.1 Å². The second-order valence-corrected chi connectivity index (χ2v) is 2.90. The number of fused-ring (bicyclic) bond motifs is 1. The molecule has 0 spiro atoms. The minimum atomic E-state index is -1.13. The van der Waals surface area contributed by atoms with Crippen molar-refractivity contribution >= 4 is 16.9 Å². The Bertz CT molecular complexity index is 567. The second kappa shape index (κ2) is 4.61. The number of H-pyrrole nitrogens is 1. The maximum atomic E-state index is 11.4. The Morgan fingerprint density at radius 1 is 1.33 bits per heavy atom. The fraction of sp³-hybridized carbons (Fsp3) is 0. The molecule has 0 saturated heterocycles. The van der Waals surface area contributed by atoms with Crippen LogP contribution in [-0.4, -0.2) is 16.1 Å². The van der Waals surface area contributed by atoms with Crippen molar-refractivity contribution in [1.29, 1.82) is 0 Å². The molecule has 1 aromatic heterocycles. The average molecular weight is 213 g/mol. The van der Waals surface area contributed by atoms with Crippen LogP contribution in [0.4, 0.5) is 0 Å². The summed E-state index contributed by atoms with van der Waals surface area (Å²) in [7, 11) is 0. The zero-order valence-electron chi connectivity index (χ0n) is 9.15. The predicted octanol–water partition coefficient (Wildman–Crippen LogP) is -1.66. The van der Waals surface area contributed by atoms with Gasteiger partial charge in [-0.05, 0) is 12.1 Å². The van der Waals surface area contributed by atoms with Gasteiger partial charge in [-0.1, -0.05) is 12.1 Å². The van der Waals surface area contributed by atoms with Crippen LogP contribution in [0.2, 0.25) is 0 Å². The van der Waals surface area contributed by atoms with E-state index in [1.165, 1.54) is 0 Å². The van der Waals surface area contributed by atoms with E-state index < -0.39 is 5.97 Å². The number of benzene rings is 1. The molecule has 0 aliphatic carbocycles. The van der Waals surface area contributed by atoms with Crippen molar-refractivity contribution in [3.63, 3.8) is 0 Å². The van der Waals surface area contributed by atoms with Crippen LogP contribution in [0.25, 0.3) is 10.9 Å². The van der Waals surface area contributed by atoms with Gasteiger partial charge in [-0.25, -0.2) is 4.79 Å². The van der Waals surface area contributed by atoms with Crippen molar-refractivity contribution in [2.45, 2.75) is 0 Å². The summed E-state index contributed by atoms with van der Waals surface area (Å²) in [5.74, 6) is -1.13. The monoisotopic (exact) mass is 213 g/mol. The van der Waals surface area contributed by atoms with E-state index in [2.05, 4.69) is 4.98 Å². The molecule has 2 aromatic rings. The Kier molecular flexibility index (Phi) is 3.68. The zero-order chi connectivity index (χ0) is 10.1. The van der Waals surface area contributed by atoms with Gasteiger partial charge in [0.25, 0.3) is 0 Å². The number of hydrogen-bond donors (Lipinski definition) is 2. The first-order valence-electron chi connectivity index (χ1n) is 4.04. The van der Waals surface area contributed by atoms with Gasteiger partial charge in [0.15, 0.2) is 5.43 Å². The Balaban J connectivity index is 0.00000112. The fourth-order valence-electron chi connectivity index (χ4n) is 1.31. The van der Waals surface area contributed by atoms with Crippen LogP contribution in [0, 0.1) is 0 Å². The third-order valence-corrected chi connectivity index (χ3v) is 1.97. The van der Waals surface area contributed by atoms with Crippen LogP contribution in [0.1, 0.15) is 11.9 Å². The molecule has 0 aliphatic heterocycles. The van der Waals surface area contributed by atoms with E-state index in [0.29, 0.717) is 10.9 Å². The first-order chi connectivity index (χ1) is 6.68. The van der Waals surface area contributed by atoms with E-state index in [4.69, 9.17) is 5.11 Å². The Morgan fingerprint density at radius 2 is 2.00 bits per heavy atom. The smallest absolute Gasteiger partial charge is 1.00 e. The zero-order valence-corrected chi connectivity index (χ0v) is 10.2. The van der Waals surface area contributed by atoms with Gasteiger partial charge in [0.1, 0.15) is 5.69 Å². The summed E-state index contributed by atoms with van der Waals surface area (Å²) in [6.07, 6.45) is 0. The van der Waals surface area contributed by atoms with Crippen LogP contribution < -0.4 is 35.0 Å². The topological polar surface area (TPSA) is 70.2 Å². The van der Waals surface area contributed by atoms with E-state index in [0.717, 1.165) is 6.07 Å². The van der Waals surface area contributed by atoms with Gasteiger partial charge in [0.2, 0.25) is 0 Å². The van der Waals surface area contributed by atoms with E-state index >= 15 is 0 Å². The van der Waals surface area contributed by atoms with Gasteiger partial charge in [-0.15, -0.1) is 0 Å². The number of carbonyl (C=O) groups is 1. The maximum Gasteiger partial charge on any atom is 1.00 e. The second-order valence-electron chi connectivity index (χ2n) is 2.90. The van der Waals surface area contributed by atoms with Crippen molar-refractivity contribution in [2.24, 2.45) is 0 Å². The molecule has 0 fully saturated rings. The summed E-state index contributed by atoms with van der Waals surface area (Å²) in [5.41, 5.74) is 0.169. The van der Waals surface area contributed by atoms with Crippen molar-refractivity contribution in [2.75, 3.05) is 0 Å². The maximum absolute atomic E-state index is 11.4. The Morgan fingerprint density at radius 3 is 2.67 bits per heavy atom.